The number of halogens is 1. The summed E-state index contributed by atoms with van der Waals surface area (Å²) in [6, 6.07) is 0.347. The number of ether oxygens (including phenoxy) is 1. The molecular formula is C8H17FN2O. The van der Waals surface area contributed by atoms with Crippen molar-refractivity contribution in [3.63, 3.8) is 0 Å². The molecule has 1 saturated heterocycles. The molecule has 1 atom stereocenters. The molecular weight excluding hydrogens is 159 g/mol. The van der Waals surface area contributed by atoms with E-state index in [-0.39, 0.29) is 6.67 Å². The molecule has 0 amide bonds. The van der Waals surface area contributed by atoms with Crippen LogP contribution in [0, 0.1) is 0 Å². The third-order valence-electron chi connectivity index (χ3n) is 2.16. The van der Waals surface area contributed by atoms with Crippen molar-refractivity contribution >= 4 is 0 Å². The zero-order valence-corrected chi connectivity index (χ0v) is 7.55. The van der Waals surface area contributed by atoms with E-state index in [1.54, 1.807) is 0 Å². The number of rotatable bonds is 4. The quantitative estimate of drug-likeness (QED) is 0.646. The Kier molecular flexibility index (Phi) is 4.50. The summed E-state index contributed by atoms with van der Waals surface area (Å²) in [5, 5.41) is 3.08. The third-order valence-corrected chi connectivity index (χ3v) is 2.16. The molecule has 1 rings (SSSR count). The van der Waals surface area contributed by atoms with Crippen LogP contribution < -0.4 is 5.32 Å². The van der Waals surface area contributed by atoms with Gasteiger partial charge >= 0.3 is 0 Å². The van der Waals surface area contributed by atoms with E-state index in [2.05, 4.69) is 10.2 Å². The molecule has 72 valence electrons. The molecule has 1 aliphatic rings. The lowest BCUT2D eigenvalue weighted by atomic mass is 10.2. The van der Waals surface area contributed by atoms with Crippen LogP contribution in [0.15, 0.2) is 0 Å². The number of hydrogen-bond acceptors (Lipinski definition) is 3. The Labute approximate surface area is 72.9 Å². The van der Waals surface area contributed by atoms with E-state index >= 15 is 0 Å². The largest absolute Gasteiger partial charge is 0.378 e. The van der Waals surface area contributed by atoms with Gasteiger partial charge in [-0.3, -0.25) is 4.90 Å². The molecule has 1 unspecified atom stereocenters. The van der Waals surface area contributed by atoms with Crippen LogP contribution in [0.2, 0.25) is 0 Å². The Bertz CT molecular complexity index is 106. The number of morpholine rings is 1. The highest BCUT2D eigenvalue weighted by molar-refractivity contribution is 4.76. The van der Waals surface area contributed by atoms with Gasteiger partial charge in [0.05, 0.1) is 13.2 Å². The maximum Gasteiger partial charge on any atom is 0.102 e. The summed E-state index contributed by atoms with van der Waals surface area (Å²) in [7, 11) is 1.90. The van der Waals surface area contributed by atoms with E-state index in [0.29, 0.717) is 12.6 Å². The van der Waals surface area contributed by atoms with Crippen LogP contribution in [0.3, 0.4) is 0 Å². The molecule has 1 fully saturated rings. The lowest BCUT2D eigenvalue weighted by Gasteiger charge is -2.34. The molecule has 1 heterocycles. The van der Waals surface area contributed by atoms with Crippen LogP contribution >= 0.6 is 0 Å². The molecule has 3 nitrogen and oxygen atoms in total. The third kappa shape index (κ3) is 2.69. The molecule has 4 heteroatoms. The zero-order chi connectivity index (χ0) is 8.81. The van der Waals surface area contributed by atoms with Crippen molar-refractivity contribution in [3.05, 3.63) is 0 Å². The van der Waals surface area contributed by atoms with Crippen molar-refractivity contribution in [2.75, 3.05) is 46.6 Å². The number of nitrogens with zero attached hydrogens (tertiary/aromatic N) is 1. The predicted molar refractivity (Wildman–Crippen MR) is 46.1 cm³/mol. The van der Waals surface area contributed by atoms with Crippen molar-refractivity contribution in [1.82, 2.24) is 10.2 Å². The van der Waals surface area contributed by atoms with Crippen LogP contribution in [-0.4, -0.2) is 57.5 Å². The summed E-state index contributed by atoms with van der Waals surface area (Å²) >= 11 is 0. The minimum Gasteiger partial charge on any atom is -0.378 e. The van der Waals surface area contributed by atoms with E-state index in [4.69, 9.17) is 4.74 Å². The van der Waals surface area contributed by atoms with Crippen molar-refractivity contribution in [1.29, 1.82) is 0 Å². The summed E-state index contributed by atoms with van der Waals surface area (Å²) in [5.74, 6) is 0. The van der Waals surface area contributed by atoms with Gasteiger partial charge in [0, 0.05) is 25.7 Å². The molecule has 0 aromatic carbocycles. The van der Waals surface area contributed by atoms with Crippen LogP contribution in [0.5, 0.6) is 0 Å². The van der Waals surface area contributed by atoms with E-state index in [0.717, 1.165) is 26.3 Å². The first kappa shape index (κ1) is 9.89. The highest BCUT2D eigenvalue weighted by Gasteiger charge is 2.21. The molecule has 0 bridgehead atoms. The number of alkyl halides is 1. The lowest BCUT2D eigenvalue weighted by Crippen LogP contribution is -2.50. The fraction of sp³-hybridized carbons (Fsp3) is 1.00. The second kappa shape index (κ2) is 5.45. The first-order valence-electron chi connectivity index (χ1n) is 4.41. The average Bonchev–Trinajstić information content (AvgIpc) is 2.09. The van der Waals surface area contributed by atoms with Crippen LogP contribution in [0.4, 0.5) is 4.39 Å². The fourth-order valence-electron chi connectivity index (χ4n) is 1.52. The average molecular weight is 176 g/mol. The standard InChI is InChI=1S/C8H17FN2O/c1-10-6-8-7-12-5-4-11(8)3-2-9/h8,10H,2-7H2,1H3. The molecule has 0 aromatic heterocycles. The predicted octanol–water partition coefficient (Wildman–Crippen LogP) is -0.124. The maximum atomic E-state index is 12.1. The Balaban J connectivity index is 2.31. The van der Waals surface area contributed by atoms with Gasteiger partial charge in [-0.05, 0) is 7.05 Å². The zero-order valence-electron chi connectivity index (χ0n) is 7.55. The van der Waals surface area contributed by atoms with Crippen LogP contribution in [0.25, 0.3) is 0 Å². The van der Waals surface area contributed by atoms with Gasteiger partial charge in [0.15, 0.2) is 0 Å². The van der Waals surface area contributed by atoms with Gasteiger partial charge in [0.25, 0.3) is 0 Å². The van der Waals surface area contributed by atoms with Crippen molar-refractivity contribution in [2.24, 2.45) is 0 Å². The molecule has 0 radical (unpaired) electrons. The van der Waals surface area contributed by atoms with E-state index < -0.39 is 0 Å². The highest BCUT2D eigenvalue weighted by Crippen LogP contribution is 2.05. The summed E-state index contributed by atoms with van der Waals surface area (Å²) < 4.78 is 17.4. The molecule has 1 N–H and O–H groups in total. The minimum absolute atomic E-state index is 0.264. The SMILES string of the molecule is CNCC1COCCN1CCF. The van der Waals surface area contributed by atoms with Crippen LogP contribution in [-0.2, 0) is 4.74 Å². The van der Waals surface area contributed by atoms with Gasteiger partial charge in [-0.25, -0.2) is 4.39 Å². The number of nitrogens with one attached hydrogen (secondary N) is 1. The Morgan fingerprint density at radius 2 is 2.50 bits per heavy atom. The first-order valence-corrected chi connectivity index (χ1v) is 4.41. The minimum atomic E-state index is -0.264. The smallest absolute Gasteiger partial charge is 0.102 e. The second-order valence-corrected chi connectivity index (χ2v) is 3.01. The number of hydrogen-bond donors (Lipinski definition) is 1. The number of likely N-dealkylation sites (N-methyl/N-ethyl adjacent to an activating group) is 1. The second-order valence-electron chi connectivity index (χ2n) is 3.01. The van der Waals surface area contributed by atoms with Gasteiger partial charge in [-0.1, -0.05) is 0 Å². The van der Waals surface area contributed by atoms with E-state index in [9.17, 15) is 4.39 Å². The lowest BCUT2D eigenvalue weighted by molar-refractivity contribution is -0.00824. The first-order chi connectivity index (χ1) is 5.88. The van der Waals surface area contributed by atoms with E-state index in [1.165, 1.54) is 0 Å². The van der Waals surface area contributed by atoms with Crippen molar-refractivity contribution in [2.45, 2.75) is 6.04 Å². The molecule has 12 heavy (non-hydrogen) atoms. The van der Waals surface area contributed by atoms with Gasteiger partial charge in [-0.15, -0.1) is 0 Å². The Morgan fingerprint density at radius 1 is 1.67 bits per heavy atom. The van der Waals surface area contributed by atoms with E-state index in [1.807, 2.05) is 7.05 Å². The Hall–Kier alpha value is -0.190. The molecule has 1 aliphatic heterocycles. The van der Waals surface area contributed by atoms with Gasteiger partial charge < -0.3 is 10.1 Å². The normalized spacial score (nSPS) is 26.0. The van der Waals surface area contributed by atoms with Crippen LogP contribution in [0.1, 0.15) is 0 Å². The van der Waals surface area contributed by atoms with Gasteiger partial charge in [0.2, 0.25) is 0 Å². The molecule has 0 aromatic rings. The summed E-state index contributed by atoms with van der Waals surface area (Å²) in [4.78, 5) is 2.14. The van der Waals surface area contributed by atoms with Crippen molar-refractivity contribution in [3.8, 4) is 0 Å². The molecule has 0 saturated carbocycles. The molecule has 0 aliphatic carbocycles. The monoisotopic (exact) mass is 176 g/mol. The van der Waals surface area contributed by atoms with Gasteiger partial charge in [0.1, 0.15) is 6.67 Å². The maximum absolute atomic E-state index is 12.1. The molecule has 0 spiro atoms. The summed E-state index contributed by atoms with van der Waals surface area (Å²) in [6.45, 7) is 3.47. The summed E-state index contributed by atoms with van der Waals surface area (Å²) in [6.07, 6.45) is 0. The highest BCUT2D eigenvalue weighted by atomic mass is 19.1. The topological polar surface area (TPSA) is 24.5 Å². The Morgan fingerprint density at radius 3 is 3.17 bits per heavy atom. The fourth-order valence-corrected chi connectivity index (χ4v) is 1.52. The van der Waals surface area contributed by atoms with Gasteiger partial charge in [-0.2, -0.15) is 0 Å². The summed E-state index contributed by atoms with van der Waals surface area (Å²) in [5.41, 5.74) is 0. The van der Waals surface area contributed by atoms with Crippen molar-refractivity contribution < 1.29 is 9.13 Å².